The molecule has 1 fully saturated rings. The number of halogens is 1. The van der Waals surface area contributed by atoms with E-state index in [0.717, 1.165) is 17.1 Å². The summed E-state index contributed by atoms with van der Waals surface area (Å²) in [5.41, 5.74) is 1.49. The number of carbonyl (C=O) groups excluding carboxylic acids is 1. The predicted octanol–water partition coefficient (Wildman–Crippen LogP) is 4.75. The Labute approximate surface area is 207 Å². The van der Waals surface area contributed by atoms with Crippen molar-refractivity contribution in [3.05, 3.63) is 30.5 Å². The van der Waals surface area contributed by atoms with Gasteiger partial charge in [-0.1, -0.05) is 25.7 Å². The van der Waals surface area contributed by atoms with Gasteiger partial charge in [0.15, 0.2) is 23.0 Å². The number of hydrogen-bond acceptors (Lipinski definition) is 9. The standard InChI is InChI=1S/C23H27FN6O4S/c1-32-17-10-13(11-18(33-2)21(17)34-3)26-20-12-25-15-8-9-19(27-22(15)28-20)29-23(31)30(35)16-7-5-4-6-14(16)24/h8-12,14,16,35H,4-7H2,1-3H3,(H2,26,27,28,29,31). The first-order valence-corrected chi connectivity index (χ1v) is 11.5. The van der Waals surface area contributed by atoms with Crippen LogP contribution in [-0.2, 0) is 0 Å². The first-order chi connectivity index (χ1) is 16.9. The van der Waals surface area contributed by atoms with E-state index in [0.29, 0.717) is 52.8 Å². The van der Waals surface area contributed by atoms with Crippen molar-refractivity contribution in [3.8, 4) is 17.2 Å². The fraction of sp³-hybridized carbons (Fsp3) is 0.391. The number of hydrogen-bond donors (Lipinski definition) is 3. The second-order valence-electron chi connectivity index (χ2n) is 7.98. The molecule has 2 atom stereocenters. The van der Waals surface area contributed by atoms with Crippen LogP contribution in [0.3, 0.4) is 0 Å². The lowest BCUT2D eigenvalue weighted by molar-refractivity contribution is 0.149. The van der Waals surface area contributed by atoms with Crippen LogP contribution in [0, 0.1) is 0 Å². The summed E-state index contributed by atoms with van der Waals surface area (Å²) >= 11 is 4.24. The van der Waals surface area contributed by atoms with E-state index in [2.05, 4.69) is 38.4 Å². The molecule has 0 bridgehead atoms. The lowest BCUT2D eigenvalue weighted by atomic mass is 9.94. The van der Waals surface area contributed by atoms with Crippen molar-refractivity contribution in [3.63, 3.8) is 0 Å². The number of anilines is 3. The lowest BCUT2D eigenvalue weighted by Gasteiger charge is -2.32. The van der Waals surface area contributed by atoms with E-state index >= 15 is 0 Å². The van der Waals surface area contributed by atoms with Crippen LogP contribution in [0.15, 0.2) is 30.5 Å². The zero-order valence-corrected chi connectivity index (χ0v) is 20.5. The average Bonchev–Trinajstić information content (AvgIpc) is 2.87. The van der Waals surface area contributed by atoms with Gasteiger partial charge < -0.3 is 19.5 Å². The number of amides is 2. The van der Waals surface area contributed by atoms with Gasteiger partial charge >= 0.3 is 6.03 Å². The largest absolute Gasteiger partial charge is 0.493 e. The monoisotopic (exact) mass is 502 g/mol. The van der Waals surface area contributed by atoms with Crippen LogP contribution in [0.4, 0.5) is 26.5 Å². The zero-order valence-electron chi connectivity index (χ0n) is 19.6. The highest BCUT2D eigenvalue weighted by molar-refractivity contribution is 7.78. The first-order valence-electron chi connectivity index (χ1n) is 11.1. The van der Waals surface area contributed by atoms with E-state index in [-0.39, 0.29) is 5.82 Å². The molecule has 2 N–H and O–H groups in total. The number of fused-ring (bicyclic) bond motifs is 1. The minimum Gasteiger partial charge on any atom is -0.493 e. The molecule has 2 aromatic heterocycles. The van der Waals surface area contributed by atoms with Crippen LogP contribution in [-0.4, -0.2) is 58.8 Å². The number of urea groups is 1. The van der Waals surface area contributed by atoms with Crippen molar-refractivity contribution >= 4 is 47.3 Å². The number of rotatable bonds is 7. The molecule has 0 spiro atoms. The average molecular weight is 503 g/mol. The summed E-state index contributed by atoms with van der Waals surface area (Å²) < 4.78 is 31.5. The highest BCUT2D eigenvalue weighted by Crippen LogP contribution is 2.40. The van der Waals surface area contributed by atoms with Crippen LogP contribution in [0.5, 0.6) is 17.2 Å². The van der Waals surface area contributed by atoms with Crippen molar-refractivity contribution < 1.29 is 23.4 Å². The number of thiol groups is 1. The fourth-order valence-corrected chi connectivity index (χ4v) is 4.30. The molecule has 2 heterocycles. The topological polar surface area (TPSA) is 111 Å². The number of nitrogens with one attached hydrogen (secondary N) is 2. The van der Waals surface area contributed by atoms with Crippen LogP contribution in [0.1, 0.15) is 25.7 Å². The normalized spacial score (nSPS) is 17.5. The predicted molar refractivity (Wildman–Crippen MR) is 134 cm³/mol. The SMILES string of the molecule is COc1cc(Nc2cnc3ccc(NC(=O)N(S)C4CCCCC4F)nc3n2)cc(OC)c1OC. The number of pyridine rings is 1. The molecular formula is C23H27FN6O4S. The van der Waals surface area contributed by atoms with Crippen LogP contribution in [0.25, 0.3) is 11.2 Å². The van der Waals surface area contributed by atoms with Crippen molar-refractivity contribution in [2.24, 2.45) is 0 Å². The highest BCUT2D eigenvalue weighted by atomic mass is 32.1. The Kier molecular flexibility index (Phi) is 7.59. The molecule has 12 heteroatoms. The maximum atomic E-state index is 14.2. The fourth-order valence-electron chi connectivity index (χ4n) is 3.99. The number of carbonyl (C=O) groups is 1. The van der Waals surface area contributed by atoms with Gasteiger partial charge in [0.2, 0.25) is 5.75 Å². The van der Waals surface area contributed by atoms with Gasteiger partial charge in [0.25, 0.3) is 0 Å². The van der Waals surface area contributed by atoms with Gasteiger partial charge in [-0.05, 0) is 25.0 Å². The lowest BCUT2D eigenvalue weighted by Crippen LogP contribution is -2.43. The maximum Gasteiger partial charge on any atom is 0.333 e. The van der Waals surface area contributed by atoms with Gasteiger partial charge in [-0.15, -0.1) is 0 Å². The third-order valence-corrected chi connectivity index (χ3v) is 6.23. The molecule has 35 heavy (non-hydrogen) atoms. The first kappa shape index (κ1) is 24.6. The molecule has 1 aliphatic rings. The molecule has 0 saturated heterocycles. The number of methoxy groups -OCH3 is 3. The van der Waals surface area contributed by atoms with Crippen LogP contribution < -0.4 is 24.8 Å². The third kappa shape index (κ3) is 5.42. The minimum atomic E-state index is -1.09. The molecule has 3 aromatic rings. The second-order valence-corrected chi connectivity index (χ2v) is 8.41. The van der Waals surface area contributed by atoms with Gasteiger partial charge in [-0.3, -0.25) is 9.62 Å². The molecule has 1 aliphatic carbocycles. The summed E-state index contributed by atoms with van der Waals surface area (Å²) in [6.45, 7) is 0. The Morgan fingerprint density at radius 2 is 1.74 bits per heavy atom. The van der Waals surface area contributed by atoms with E-state index in [4.69, 9.17) is 14.2 Å². The van der Waals surface area contributed by atoms with E-state index < -0.39 is 18.2 Å². The third-order valence-electron chi connectivity index (χ3n) is 5.75. The highest BCUT2D eigenvalue weighted by Gasteiger charge is 2.31. The molecule has 1 saturated carbocycles. The Hall–Kier alpha value is -3.54. The van der Waals surface area contributed by atoms with Gasteiger partial charge in [-0.2, -0.15) is 0 Å². The molecule has 2 unspecified atom stereocenters. The summed E-state index contributed by atoms with van der Waals surface area (Å²) in [6.07, 6.45) is 3.15. The zero-order chi connectivity index (χ0) is 24.9. The number of ether oxygens (including phenoxy) is 3. The van der Waals surface area contributed by atoms with E-state index in [1.807, 2.05) is 0 Å². The van der Waals surface area contributed by atoms with Crippen molar-refractivity contribution in [1.29, 1.82) is 0 Å². The maximum absolute atomic E-state index is 14.2. The summed E-state index contributed by atoms with van der Waals surface area (Å²) in [4.78, 5) is 25.9. The summed E-state index contributed by atoms with van der Waals surface area (Å²) in [5, 5.41) is 5.81. The number of nitrogens with zero attached hydrogens (tertiary/aromatic N) is 4. The van der Waals surface area contributed by atoms with Gasteiger partial charge in [-0.25, -0.2) is 24.1 Å². The van der Waals surface area contributed by atoms with Gasteiger partial charge in [0, 0.05) is 17.8 Å². The minimum absolute atomic E-state index is 0.256. The molecule has 0 radical (unpaired) electrons. The Balaban J connectivity index is 1.53. The van der Waals surface area contributed by atoms with Crippen LogP contribution in [0.2, 0.25) is 0 Å². The van der Waals surface area contributed by atoms with E-state index in [1.165, 1.54) is 21.3 Å². The Bertz CT molecular complexity index is 1190. The molecule has 0 aliphatic heterocycles. The Morgan fingerprint density at radius 1 is 1.06 bits per heavy atom. The number of benzene rings is 1. The Morgan fingerprint density at radius 3 is 2.40 bits per heavy atom. The second kappa shape index (κ2) is 10.8. The molecule has 1 aromatic carbocycles. The molecule has 10 nitrogen and oxygen atoms in total. The summed E-state index contributed by atoms with van der Waals surface area (Å²) in [7, 11) is 4.59. The van der Waals surface area contributed by atoms with Gasteiger partial charge in [0.1, 0.15) is 17.5 Å². The van der Waals surface area contributed by atoms with E-state index in [1.54, 1.807) is 30.5 Å². The number of alkyl halides is 1. The van der Waals surface area contributed by atoms with Crippen LogP contribution >= 0.6 is 12.8 Å². The number of aromatic nitrogens is 3. The molecular weight excluding hydrogens is 475 g/mol. The summed E-state index contributed by atoms with van der Waals surface area (Å²) in [6, 6.07) is 5.66. The quantitative estimate of drug-likeness (QED) is 0.397. The van der Waals surface area contributed by atoms with Crippen molar-refractivity contribution in [1.82, 2.24) is 19.3 Å². The molecule has 4 rings (SSSR count). The smallest absolute Gasteiger partial charge is 0.333 e. The van der Waals surface area contributed by atoms with Gasteiger partial charge in [0.05, 0.1) is 33.6 Å². The molecule has 186 valence electrons. The van der Waals surface area contributed by atoms with Crippen molar-refractivity contribution in [2.45, 2.75) is 37.9 Å². The van der Waals surface area contributed by atoms with Crippen molar-refractivity contribution in [2.75, 3.05) is 32.0 Å². The summed E-state index contributed by atoms with van der Waals surface area (Å²) in [5.74, 6) is 2.11. The molecule has 2 amide bonds. The van der Waals surface area contributed by atoms with E-state index in [9.17, 15) is 9.18 Å².